The quantitative estimate of drug-likeness (QED) is 0.843. The molecule has 1 fully saturated rings. The van der Waals surface area contributed by atoms with E-state index in [0.717, 1.165) is 28.8 Å². The lowest BCUT2D eigenvalue weighted by atomic mass is 10.2. The van der Waals surface area contributed by atoms with Crippen LogP contribution in [0.5, 0.6) is 0 Å². The predicted molar refractivity (Wildman–Crippen MR) is 94.7 cm³/mol. The molecule has 5 nitrogen and oxygen atoms in total. The van der Waals surface area contributed by atoms with E-state index in [0.29, 0.717) is 17.6 Å². The standard InChI is InChI=1S/C17H19BrN4O/c1-11-19-15(10-16(20-11)21-12-6-2-3-7-12)17(23)22-14-9-5-4-8-13(14)18/h4-5,8-10,12H,2-3,6-7H2,1H3,(H,22,23)(H,19,20,21). The summed E-state index contributed by atoms with van der Waals surface area (Å²) in [5.41, 5.74) is 1.09. The normalized spacial score (nSPS) is 14.7. The third-order valence-corrected chi connectivity index (χ3v) is 4.59. The fourth-order valence-corrected chi connectivity index (χ4v) is 3.17. The first-order chi connectivity index (χ1) is 11.1. The number of hydrogen-bond donors (Lipinski definition) is 2. The van der Waals surface area contributed by atoms with Crippen molar-refractivity contribution in [3.05, 3.63) is 46.3 Å². The lowest BCUT2D eigenvalue weighted by Crippen LogP contribution is -2.19. The van der Waals surface area contributed by atoms with Crippen molar-refractivity contribution in [1.82, 2.24) is 9.97 Å². The van der Waals surface area contributed by atoms with E-state index < -0.39 is 0 Å². The van der Waals surface area contributed by atoms with E-state index in [4.69, 9.17) is 0 Å². The third-order valence-electron chi connectivity index (χ3n) is 3.90. The molecule has 2 N–H and O–H groups in total. The maximum absolute atomic E-state index is 12.5. The zero-order chi connectivity index (χ0) is 16.2. The minimum absolute atomic E-state index is 0.239. The molecule has 1 aromatic heterocycles. The predicted octanol–water partition coefficient (Wildman–Crippen LogP) is 4.15. The van der Waals surface area contributed by atoms with Gasteiger partial charge in [-0.15, -0.1) is 0 Å². The zero-order valence-electron chi connectivity index (χ0n) is 13.0. The fourth-order valence-electron chi connectivity index (χ4n) is 2.79. The molecule has 1 aromatic carbocycles. The van der Waals surface area contributed by atoms with E-state index >= 15 is 0 Å². The van der Waals surface area contributed by atoms with Gasteiger partial charge in [0.25, 0.3) is 5.91 Å². The van der Waals surface area contributed by atoms with Crippen LogP contribution < -0.4 is 10.6 Å². The number of rotatable bonds is 4. The first kappa shape index (κ1) is 15.9. The number of nitrogens with zero attached hydrogens (tertiary/aromatic N) is 2. The van der Waals surface area contributed by atoms with E-state index in [2.05, 4.69) is 36.5 Å². The zero-order valence-corrected chi connectivity index (χ0v) is 14.6. The number of anilines is 2. The summed E-state index contributed by atoms with van der Waals surface area (Å²) >= 11 is 3.42. The van der Waals surface area contributed by atoms with E-state index in [1.54, 1.807) is 13.0 Å². The van der Waals surface area contributed by atoms with E-state index in [1.807, 2.05) is 24.3 Å². The molecule has 0 atom stereocenters. The molecule has 23 heavy (non-hydrogen) atoms. The molecule has 1 amide bonds. The molecule has 120 valence electrons. The Bertz CT molecular complexity index is 713. The largest absolute Gasteiger partial charge is 0.367 e. The molecule has 0 spiro atoms. The van der Waals surface area contributed by atoms with Gasteiger partial charge in [0.1, 0.15) is 17.3 Å². The highest BCUT2D eigenvalue weighted by Gasteiger charge is 2.17. The molecule has 6 heteroatoms. The van der Waals surface area contributed by atoms with Crippen LogP contribution in [0.3, 0.4) is 0 Å². The Morgan fingerprint density at radius 3 is 2.70 bits per heavy atom. The molecular formula is C17H19BrN4O. The number of hydrogen-bond acceptors (Lipinski definition) is 4. The van der Waals surface area contributed by atoms with Gasteiger partial charge >= 0.3 is 0 Å². The average molecular weight is 375 g/mol. The van der Waals surface area contributed by atoms with Crippen LogP contribution in [0.25, 0.3) is 0 Å². The minimum Gasteiger partial charge on any atom is -0.367 e. The Balaban J connectivity index is 1.77. The molecular weight excluding hydrogens is 356 g/mol. The summed E-state index contributed by atoms with van der Waals surface area (Å²) in [6.45, 7) is 1.80. The molecule has 0 bridgehead atoms. The van der Waals surface area contributed by atoms with Crippen molar-refractivity contribution in [3.8, 4) is 0 Å². The lowest BCUT2D eigenvalue weighted by molar-refractivity contribution is 0.102. The summed E-state index contributed by atoms with van der Waals surface area (Å²) in [7, 11) is 0. The van der Waals surface area contributed by atoms with Gasteiger partial charge in [0.05, 0.1) is 5.69 Å². The van der Waals surface area contributed by atoms with Crippen LogP contribution in [0.1, 0.15) is 42.0 Å². The van der Waals surface area contributed by atoms with Gasteiger partial charge in [0, 0.05) is 16.6 Å². The number of carbonyl (C=O) groups excluding carboxylic acids is 1. The molecule has 1 heterocycles. The van der Waals surface area contributed by atoms with Crippen LogP contribution in [-0.4, -0.2) is 21.9 Å². The molecule has 2 aromatic rings. The summed E-state index contributed by atoms with van der Waals surface area (Å²) < 4.78 is 0.837. The Labute approximate surface area is 144 Å². The van der Waals surface area contributed by atoms with Gasteiger partial charge in [0.15, 0.2) is 0 Å². The highest BCUT2D eigenvalue weighted by Crippen LogP contribution is 2.23. The number of para-hydroxylation sites is 1. The summed E-state index contributed by atoms with van der Waals surface area (Å²) in [6.07, 6.45) is 4.80. The molecule has 1 aliphatic rings. The maximum Gasteiger partial charge on any atom is 0.274 e. The number of amides is 1. The van der Waals surface area contributed by atoms with Crippen LogP contribution in [0.15, 0.2) is 34.8 Å². The number of carbonyl (C=O) groups is 1. The number of halogens is 1. The van der Waals surface area contributed by atoms with Crippen LogP contribution in [0, 0.1) is 6.92 Å². The van der Waals surface area contributed by atoms with Crippen molar-refractivity contribution in [2.45, 2.75) is 38.6 Å². The SMILES string of the molecule is Cc1nc(NC2CCCC2)cc(C(=O)Nc2ccccc2Br)n1. The van der Waals surface area contributed by atoms with E-state index in [1.165, 1.54) is 12.8 Å². The first-order valence-electron chi connectivity index (χ1n) is 7.80. The summed E-state index contributed by atoms with van der Waals surface area (Å²) in [5.74, 6) is 1.07. The summed E-state index contributed by atoms with van der Waals surface area (Å²) in [4.78, 5) is 21.1. The van der Waals surface area contributed by atoms with Crippen molar-refractivity contribution in [2.75, 3.05) is 10.6 Å². The van der Waals surface area contributed by atoms with E-state index in [-0.39, 0.29) is 5.91 Å². The molecule has 0 saturated heterocycles. The van der Waals surface area contributed by atoms with Crippen LogP contribution in [0.4, 0.5) is 11.5 Å². The first-order valence-corrected chi connectivity index (χ1v) is 8.59. The van der Waals surface area contributed by atoms with Gasteiger partial charge in [-0.25, -0.2) is 9.97 Å². The molecule has 1 aliphatic carbocycles. The molecule has 0 unspecified atom stereocenters. The second kappa shape index (κ2) is 7.08. The second-order valence-corrected chi connectivity index (χ2v) is 6.60. The average Bonchev–Trinajstić information content (AvgIpc) is 3.02. The van der Waals surface area contributed by atoms with Gasteiger partial charge in [0.2, 0.25) is 0 Å². The molecule has 3 rings (SSSR count). The summed E-state index contributed by atoms with van der Waals surface area (Å²) in [5, 5.41) is 6.28. The van der Waals surface area contributed by atoms with Crippen LogP contribution in [-0.2, 0) is 0 Å². The van der Waals surface area contributed by atoms with Crippen LogP contribution >= 0.6 is 15.9 Å². The van der Waals surface area contributed by atoms with Crippen molar-refractivity contribution in [1.29, 1.82) is 0 Å². The van der Waals surface area contributed by atoms with Gasteiger partial charge < -0.3 is 10.6 Å². The van der Waals surface area contributed by atoms with Crippen LogP contribution in [0.2, 0.25) is 0 Å². The van der Waals surface area contributed by atoms with Crippen molar-refractivity contribution in [3.63, 3.8) is 0 Å². The van der Waals surface area contributed by atoms with Crippen molar-refractivity contribution < 1.29 is 4.79 Å². The Kier molecular flexibility index (Phi) is 4.91. The number of aryl methyl sites for hydroxylation is 1. The maximum atomic E-state index is 12.5. The second-order valence-electron chi connectivity index (χ2n) is 5.75. The minimum atomic E-state index is -0.239. The van der Waals surface area contributed by atoms with Crippen molar-refractivity contribution in [2.24, 2.45) is 0 Å². The lowest BCUT2D eigenvalue weighted by Gasteiger charge is -2.14. The topological polar surface area (TPSA) is 66.9 Å². The van der Waals surface area contributed by atoms with Gasteiger partial charge in [-0.3, -0.25) is 4.79 Å². The Hall–Kier alpha value is -1.95. The number of aromatic nitrogens is 2. The van der Waals surface area contributed by atoms with Gasteiger partial charge in [-0.2, -0.15) is 0 Å². The highest BCUT2D eigenvalue weighted by molar-refractivity contribution is 9.10. The Morgan fingerprint density at radius 1 is 1.22 bits per heavy atom. The molecule has 0 aliphatic heterocycles. The Morgan fingerprint density at radius 2 is 1.96 bits per heavy atom. The molecule has 1 saturated carbocycles. The number of benzene rings is 1. The van der Waals surface area contributed by atoms with Gasteiger partial charge in [-0.05, 0) is 47.8 Å². The monoisotopic (exact) mass is 374 g/mol. The fraction of sp³-hybridized carbons (Fsp3) is 0.353. The summed E-state index contributed by atoms with van der Waals surface area (Å²) in [6, 6.07) is 9.67. The van der Waals surface area contributed by atoms with Crippen molar-refractivity contribution >= 4 is 33.3 Å². The van der Waals surface area contributed by atoms with Gasteiger partial charge in [-0.1, -0.05) is 25.0 Å². The smallest absolute Gasteiger partial charge is 0.274 e. The molecule has 0 radical (unpaired) electrons. The van der Waals surface area contributed by atoms with E-state index in [9.17, 15) is 4.79 Å². The number of nitrogens with one attached hydrogen (secondary N) is 2. The highest BCUT2D eigenvalue weighted by atomic mass is 79.9. The third kappa shape index (κ3) is 4.07.